The third kappa shape index (κ3) is 2.97. The van der Waals surface area contributed by atoms with Crippen molar-refractivity contribution in [1.29, 1.82) is 0 Å². The average Bonchev–Trinajstić information content (AvgIpc) is 2.32. The van der Waals surface area contributed by atoms with E-state index < -0.39 is 4.92 Å². The molecule has 5 heteroatoms. The van der Waals surface area contributed by atoms with Gasteiger partial charge in [0.05, 0.1) is 23.8 Å². The van der Waals surface area contributed by atoms with Gasteiger partial charge in [-0.15, -0.1) is 0 Å². The predicted molar refractivity (Wildman–Crippen MR) is 74.6 cm³/mol. The van der Waals surface area contributed by atoms with Gasteiger partial charge in [-0.05, 0) is 30.7 Å². The topological polar surface area (TPSA) is 64.4 Å². The van der Waals surface area contributed by atoms with Gasteiger partial charge in [-0.25, -0.2) is 0 Å². The fourth-order valence-corrected chi connectivity index (χ4v) is 2.46. The normalized spacial score (nSPS) is 21.9. The summed E-state index contributed by atoms with van der Waals surface area (Å²) < 4.78 is 5.21. The van der Waals surface area contributed by atoms with Gasteiger partial charge in [0.1, 0.15) is 5.75 Å². The van der Waals surface area contributed by atoms with Crippen molar-refractivity contribution in [3.05, 3.63) is 28.3 Å². The van der Waals surface area contributed by atoms with Gasteiger partial charge in [0.15, 0.2) is 0 Å². The Bertz CT molecular complexity index is 468. The molecule has 1 aliphatic rings. The molecule has 104 valence electrons. The first-order chi connectivity index (χ1) is 9.01. The number of anilines is 1. The second-order valence-electron chi connectivity index (χ2n) is 5.46. The van der Waals surface area contributed by atoms with Crippen LogP contribution in [0.15, 0.2) is 18.2 Å². The fraction of sp³-hybridized carbons (Fsp3) is 0.571. The summed E-state index contributed by atoms with van der Waals surface area (Å²) in [6, 6.07) is 5.13. The van der Waals surface area contributed by atoms with Crippen LogP contribution in [0.25, 0.3) is 0 Å². The molecule has 1 aliphatic carbocycles. The number of hydrogen-bond acceptors (Lipinski definition) is 4. The second-order valence-corrected chi connectivity index (χ2v) is 5.46. The maximum Gasteiger partial charge on any atom is 0.273 e. The van der Waals surface area contributed by atoms with Crippen LogP contribution in [0, 0.1) is 22.0 Å². The molecule has 0 aromatic heterocycles. The minimum Gasteiger partial charge on any atom is -0.494 e. The lowest BCUT2D eigenvalue weighted by molar-refractivity contribution is -0.384. The van der Waals surface area contributed by atoms with E-state index >= 15 is 0 Å². The Labute approximate surface area is 113 Å². The van der Waals surface area contributed by atoms with Gasteiger partial charge in [-0.1, -0.05) is 13.8 Å². The number of non-ortho nitro benzene ring substituents is 1. The minimum absolute atomic E-state index is 0.0519. The van der Waals surface area contributed by atoms with Gasteiger partial charge < -0.3 is 10.1 Å². The Morgan fingerprint density at radius 2 is 2.11 bits per heavy atom. The summed E-state index contributed by atoms with van der Waals surface area (Å²) in [4.78, 5) is 10.3. The highest BCUT2D eigenvalue weighted by molar-refractivity contribution is 5.61. The molecule has 0 amide bonds. The summed E-state index contributed by atoms with van der Waals surface area (Å²) in [6.45, 7) is 4.49. The van der Waals surface area contributed by atoms with Crippen LogP contribution in [0.3, 0.4) is 0 Å². The maximum absolute atomic E-state index is 10.7. The van der Waals surface area contributed by atoms with E-state index in [-0.39, 0.29) is 5.69 Å². The van der Waals surface area contributed by atoms with E-state index in [4.69, 9.17) is 4.74 Å². The molecule has 0 heterocycles. The van der Waals surface area contributed by atoms with E-state index in [0.29, 0.717) is 11.8 Å². The van der Waals surface area contributed by atoms with Gasteiger partial charge in [0.2, 0.25) is 0 Å². The zero-order chi connectivity index (χ0) is 14.0. The molecule has 1 saturated carbocycles. The highest BCUT2D eigenvalue weighted by Gasteiger charge is 2.31. The van der Waals surface area contributed by atoms with Crippen LogP contribution in [-0.2, 0) is 0 Å². The average molecular weight is 264 g/mol. The first-order valence-corrected chi connectivity index (χ1v) is 6.60. The van der Waals surface area contributed by atoms with Crippen molar-refractivity contribution in [1.82, 2.24) is 0 Å². The summed E-state index contributed by atoms with van der Waals surface area (Å²) in [5.41, 5.74) is 0.886. The number of nitrogens with zero attached hydrogens (tertiary/aromatic N) is 1. The van der Waals surface area contributed by atoms with Crippen molar-refractivity contribution in [3.63, 3.8) is 0 Å². The first-order valence-electron chi connectivity index (χ1n) is 6.60. The second kappa shape index (κ2) is 5.47. The molecule has 1 aromatic rings. The van der Waals surface area contributed by atoms with E-state index in [9.17, 15) is 10.1 Å². The summed E-state index contributed by atoms with van der Waals surface area (Å²) in [7, 11) is 1.53. The lowest BCUT2D eigenvalue weighted by atomic mass is 9.73. The molecule has 19 heavy (non-hydrogen) atoms. The highest BCUT2D eigenvalue weighted by atomic mass is 16.6. The number of nitro groups is 1. The lowest BCUT2D eigenvalue weighted by Crippen LogP contribution is -2.37. The number of benzene rings is 1. The van der Waals surface area contributed by atoms with Gasteiger partial charge in [-0.3, -0.25) is 10.1 Å². The van der Waals surface area contributed by atoms with Crippen LogP contribution in [-0.4, -0.2) is 18.1 Å². The molecule has 0 radical (unpaired) electrons. The van der Waals surface area contributed by atoms with Crippen LogP contribution in [0.2, 0.25) is 0 Å². The Hall–Kier alpha value is -1.78. The van der Waals surface area contributed by atoms with E-state index in [1.54, 1.807) is 6.07 Å². The van der Waals surface area contributed by atoms with Crippen molar-refractivity contribution in [2.75, 3.05) is 12.4 Å². The van der Waals surface area contributed by atoms with E-state index in [0.717, 1.165) is 30.4 Å². The Kier molecular flexibility index (Phi) is 3.93. The zero-order valence-electron chi connectivity index (χ0n) is 11.6. The summed E-state index contributed by atoms with van der Waals surface area (Å²) in [5, 5.41) is 14.1. The summed E-state index contributed by atoms with van der Waals surface area (Å²) >= 11 is 0. The predicted octanol–water partition coefficient (Wildman–Crippen LogP) is 3.45. The monoisotopic (exact) mass is 264 g/mol. The smallest absolute Gasteiger partial charge is 0.273 e. The molecule has 5 nitrogen and oxygen atoms in total. The number of nitrogens with one attached hydrogen (secondary N) is 1. The Balaban J connectivity index is 2.03. The van der Waals surface area contributed by atoms with E-state index in [1.807, 2.05) is 0 Å². The Morgan fingerprint density at radius 1 is 1.42 bits per heavy atom. The molecule has 0 aliphatic heterocycles. The molecule has 1 fully saturated rings. The van der Waals surface area contributed by atoms with Crippen LogP contribution in [0.4, 0.5) is 11.4 Å². The SMILES string of the molecule is COc1cc([N+](=O)[O-])ccc1NC1CC(C(C)C)C1. The molecule has 1 N–H and O–H groups in total. The molecule has 0 spiro atoms. The lowest BCUT2D eigenvalue weighted by Gasteiger charge is -2.39. The largest absolute Gasteiger partial charge is 0.494 e. The van der Waals surface area contributed by atoms with Crippen molar-refractivity contribution < 1.29 is 9.66 Å². The minimum atomic E-state index is -0.412. The molecule has 0 atom stereocenters. The molecular weight excluding hydrogens is 244 g/mol. The van der Waals surface area contributed by atoms with Crippen molar-refractivity contribution in [3.8, 4) is 5.75 Å². The summed E-state index contributed by atoms with van der Waals surface area (Å²) in [5.74, 6) is 2.03. The van der Waals surface area contributed by atoms with Crippen LogP contribution in [0.5, 0.6) is 5.75 Å². The molecule has 0 unspecified atom stereocenters. The van der Waals surface area contributed by atoms with Gasteiger partial charge in [0, 0.05) is 12.1 Å². The molecule has 1 aromatic carbocycles. The van der Waals surface area contributed by atoms with Crippen LogP contribution < -0.4 is 10.1 Å². The Morgan fingerprint density at radius 3 is 2.63 bits per heavy atom. The number of nitro benzene ring substituents is 1. The number of rotatable bonds is 5. The maximum atomic E-state index is 10.7. The first kappa shape index (κ1) is 13.6. The zero-order valence-corrected chi connectivity index (χ0v) is 11.6. The van der Waals surface area contributed by atoms with Crippen LogP contribution >= 0.6 is 0 Å². The van der Waals surface area contributed by atoms with E-state index in [2.05, 4.69) is 19.2 Å². The van der Waals surface area contributed by atoms with Crippen LogP contribution in [0.1, 0.15) is 26.7 Å². The van der Waals surface area contributed by atoms with E-state index in [1.165, 1.54) is 19.2 Å². The van der Waals surface area contributed by atoms with Gasteiger partial charge in [-0.2, -0.15) is 0 Å². The van der Waals surface area contributed by atoms with Gasteiger partial charge in [0.25, 0.3) is 5.69 Å². The van der Waals surface area contributed by atoms with Crippen molar-refractivity contribution in [2.24, 2.45) is 11.8 Å². The molecule has 0 bridgehead atoms. The number of methoxy groups -OCH3 is 1. The van der Waals surface area contributed by atoms with Gasteiger partial charge >= 0.3 is 0 Å². The fourth-order valence-electron chi connectivity index (χ4n) is 2.46. The molecule has 2 rings (SSSR count). The third-order valence-electron chi connectivity index (χ3n) is 3.87. The quantitative estimate of drug-likeness (QED) is 0.653. The molecule has 0 saturated heterocycles. The van der Waals surface area contributed by atoms with Crippen molar-refractivity contribution >= 4 is 11.4 Å². The highest BCUT2D eigenvalue weighted by Crippen LogP contribution is 2.38. The summed E-state index contributed by atoms with van der Waals surface area (Å²) in [6.07, 6.45) is 2.30. The number of ether oxygens (including phenoxy) is 1. The third-order valence-corrected chi connectivity index (χ3v) is 3.87. The number of hydrogen-bond donors (Lipinski definition) is 1. The van der Waals surface area contributed by atoms with Crippen molar-refractivity contribution in [2.45, 2.75) is 32.7 Å². The standard InChI is InChI=1S/C14H20N2O3/c1-9(2)10-6-11(7-10)15-13-5-4-12(16(17)18)8-14(13)19-3/h4-5,8-11,15H,6-7H2,1-3H3. The molecular formula is C14H20N2O3.